The molecule has 1 aromatic heterocycles. The Hall–Kier alpha value is -2.92. The molecule has 3 aromatic rings. The van der Waals surface area contributed by atoms with Crippen LogP contribution in [0.4, 0.5) is 0 Å². The minimum absolute atomic E-state index is 0.143. The molecule has 0 bridgehead atoms. The van der Waals surface area contributed by atoms with Crippen molar-refractivity contribution in [3.63, 3.8) is 0 Å². The number of nitrogens with one attached hydrogen (secondary N) is 1. The van der Waals surface area contributed by atoms with E-state index in [2.05, 4.69) is 5.32 Å². The van der Waals surface area contributed by atoms with Crippen LogP contribution in [0.15, 0.2) is 66.0 Å². The highest BCUT2D eigenvalue weighted by molar-refractivity contribution is 7.12. The third-order valence-electron chi connectivity index (χ3n) is 4.11. The molecule has 0 spiro atoms. The van der Waals surface area contributed by atoms with Gasteiger partial charge in [-0.15, -0.1) is 11.3 Å². The van der Waals surface area contributed by atoms with Crippen LogP contribution < -0.4 is 10.1 Å². The van der Waals surface area contributed by atoms with Gasteiger partial charge in [-0.1, -0.05) is 42.5 Å². The number of benzene rings is 2. The molecule has 26 heavy (non-hydrogen) atoms. The Morgan fingerprint density at radius 2 is 1.65 bits per heavy atom. The van der Waals surface area contributed by atoms with E-state index in [9.17, 15) is 9.59 Å². The molecule has 0 saturated carbocycles. The summed E-state index contributed by atoms with van der Waals surface area (Å²) in [5, 5.41) is 4.81. The van der Waals surface area contributed by atoms with Crippen LogP contribution in [0.1, 0.15) is 44.1 Å². The second-order valence-electron chi connectivity index (χ2n) is 5.79. The topological polar surface area (TPSA) is 55.4 Å². The summed E-state index contributed by atoms with van der Waals surface area (Å²) in [4.78, 5) is 26.1. The van der Waals surface area contributed by atoms with Crippen molar-refractivity contribution in [1.29, 1.82) is 0 Å². The Morgan fingerprint density at radius 3 is 2.35 bits per heavy atom. The van der Waals surface area contributed by atoms with Gasteiger partial charge in [0.15, 0.2) is 0 Å². The lowest BCUT2D eigenvalue weighted by Crippen LogP contribution is -2.28. The van der Waals surface area contributed by atoms with Crippen molar-refractivity contribution in [3.05, 3.63) is 87.6 Å². The van der Waals surface area contributed by atoms with Gasteiger partial charge >= 0.3 is 0 Å². The number of methoxy groups -OCH3 is 1. The summed E-state index contributed by atoms with van der Waals surface area (Å²) in [7, 11) is 1.60. The second-order valence-corrected chi connectivity index (χ2v) is 6.74. The van der Waals surface area contributed by atoms with Gasteiger partial charge in [-0.25, -0.2) is 0 Å². The van der Waals surface area contributed by atoms with E-state index in [4.69, 9.17) is 4.74 Å². The smallest absolute Gasteiger partial charge is 0.252 e. The fourth-order valence-corrected chi connectivity index (χ4v) is 3.47. The van der Waals surface area contributed by atoms with Crippen LogP contribution in [-0.4, -0.2) is 18.8 Å². The van der Waals surface area contributed by atoms with Gasteiger partial charge < -0.3 is 10.1 Å². The lowest BCUT2D eigenvalue weighted by molar-refractivity contribution is 0.0929. The van der Waals surface area contributed by atoms with E-state index in [-0.39, 0.29) is 17.7 Å². The minimum atomic E-state index is -0.288. The molecule has 0 radical (unpaired) electrons. The zero-order chi connectivity index (χ0) is 18.5. The molecule has 1 N–H and O–H groups in total. The predicted molar refractivity (Wildman–Crippen MR) is 103 cm³/mol. The van der Waals surface area contributed by atoms with Crippen LogP contribution >= 0.6 is 11.3 Å². The van der Waals surface area contributed by atoms with Crippen molar-refractivity contribution >= 4 is 23.0 Å². The Balaban J connectivity index is 1.86. The summed E-state index contributed by atoms with van der Waals surface area (Å²) in [5.74, 6) is 0.280. The number of amides is 1. The van der Waals surface area contributed by atoms with Gasteiger partial charge in [0.05, 0.1) is 23.6 Å². The van der Waals surface area contributed by atoms with E-state index in [1.165, 1.54) is 11.3 Å². The first-order chi connectivity index (χ1) is 12.6. The number of carbonyl (C=O) groups excluding carboxylic acids is 2. The maximum absolute atomic E-state index is 12.8. The predicted octanol–water partition coefficient (Wildman–Crippen LogP) is 4.48. The fraction of sp³-hybridized carbons (Fsp3) is 0.143. The van der Waals surface area contributed by atoms with Gasteiger partial charge in [0.25, 0.3) is 5.91 Å². The molecule has 2 aromatic carbocycles. The molecule has 1 unspecified atom stereocenters. The first-order valence-corrected chi connectivity index (χ1v) is 9.10. The number of ketones is 1. The Kier molecular flexibility index (Phi) is 5.49. The summed E-state index contributed by atoms with van der Waals surface area (Å²) < 4.78 is 5.36. The molecule has 0 aliphatic rings. The van der Waals surface area contributed by atoms with Gasteiger partial charge in [-0.3, -0.25) is 9.59 Å². The molecule has 0 saturated heterocycles. The van der Waals surface area contributed by atoms with Crippen molar-refractivity contribution < 1.29 is 14.3 Å². The van der Waals surface area contributed by atoms with Crippen molar-refractivity contribution in [2.24, 2.45) is 0 Å². The SMILES string of the molecule is COc1ccccc1C(C)NC(=O)c1ccccc1C(=O)c1cccs1. The molecule has 0 fully saturated rings. The van der Waals surface area contributed by atoms with Crippen molar-refractivity contribution in [1.82, 2.24) is 5.32 Å². The van der Waals surface area contributed by atoms with Crippen molar-refractivity contribution in [3.8, 4) is 5.75 Å². The average molecular weight is 365 g/mol. The Morgan fingerprint density at radius 1 is 0.962 bits per heavy atom. The lowest BCUT2D eigenvalue weighted by Gasteiger charge is -2.18. The first kappa shape index (κ1) is 17.9. The highest BCUT2D eigenvalue weighted by Crippen LogP contribution is 2.25. The number of hydrogen-bond donors (Lipinski definition) is 1. The highest BCUT2D eigenvalue weighted by atomic mass is 32.1. The number of hydrogen-bond acceptors (Lipinski definition) is 4. The van der Waals surface area contributed by atoms with Crippen molar-refractivity contribution in [2.75, 3.05) is 7.11 Å². The summed E-state index contributed by atoms with van der Waals surface area (Å²) >= 11 is 1.36. The van der Waals surface area contributed by atoms with Crippen LogP contribution in [0.25, 0.3) is 0 Å². The van der Waals surface area contributed by atoms with E-state index in [0.717, 1.165) is 5.56 Å². The maximum Gasteiger partial charge on any atom is 0.252 e. The molecule has 1 amide bonds. The Labute approximate surface area is 156 Å². The molecule has 132 valence electrons. The third kappa shape index (κ3) is 3.68. The van der Waals surface area contributed by atoms with Crippen LogP contribution in [0.5, 0.6) is 5.75 Å². The zero-order valence-electron chi connectivity index (χ0n) is 14.6. The van der Waals surface area contributed by atoms with Crippen molar-refractivity contribution in [2.45, 2.75) is 13.0 Å². The molecule has 0 aliphatic heterocycles. The third-order valence-corrected chi connectivity index (χ3v) is 4.98. The Bertz CT molecular complexity index is 919. The highest BCUT2D eigenvalue weighted by Gasteiger charge is 2.21. The molecule has 3 rings (SSSR count). The number of ether oxygens (including phenoxy) is 1. The molecule has 4 nitrogen and oxygen atoms in total. The normalized spacial score (nSPS) is 11.6. The van der Waals surface area contributed by atoms with E-state index < -0.39 is 0 Å². The monoisotopic (exact) mass is 365 g/mol. The quantitative estimate of drug-likeness (QED) is 0.655. The van der Waals surface area contributed by atoms with Gasteiger partial charge in [0.1, 0.15) is 5.75 Å². The second kappa shape index (κ2) is 7.97. The maximum atomic E-state index is 12.8. The summed E-state index contributed by atoms with van der Waals surface area (Å²) in [6.07, 6.45) is 0. The minimum Gasteiger partial charge on any atom is -0.496 e. The largest absolute Gasteiger partial charge is 0.496 e. The van der Waals surface area contributed by atoms with Crippen LogP contribution in [0.2, 0.25) is 0 Å². The average Bonchev–Trinajstić information content (AvgIpc) is 3.22. The molecule has 0 aliphatic carbocycles. The molecular formula is C21H19NO3S. The number of para-hydroxylation sites is 1. The first-order valence-electron chi connectivity index (χ1n) is 8.23. The van der Waals surface area contributed by atoms with Gasteiger partial charge in [0, 0.05) is 11.1 Å². The number of carbonyl (C=O) groups is 2. The van der Waals surface area contributed by atoms with Gasteiger partial charge in [-0.2, -0.15) is 0 Å². The molecule has 5 heteroatoms. The summed E-state index contributed by atoms with van der Waals surface area (Å²) in [5.41, 5.74) is 1.65. The number of thiophene rings is 1. The fourth-order valence-electron chi connectivity index (χ4n) is 2.80. The summed E-state index contributed by atoms with van der Waals surface area (Å²) in [6, 6.07) is 17.7. The molecule has 1 heterocycles. The van der Waals surface area contributed by atoms with Crippen LogP contribution in [0, 0.1) is 0 Å². The zero-order valence-corrected chi connectivity index (χ0v) is 15.4. The molecule has 1 atom stereocenters. The number of rotatable bonds is 6. The van der Waals surface area contributed by atoms with E-state index >= 15 is 0 Å². The van der Waals surface area contributed by atoms with E-state index in [1.54, 1.807) is 37.4 Å². The standard InChI is InChI=1S/C21H19NO3S/c1-14(15-8-5-6-11-18(15)25-2)22-21(24)17-10-4-3-9-16(17)20(23)19-12-7-13-26-19/h3-14H,1-2H3,(H,22,24). The van der Waals surface area contributed by atoms with E-state index in [0.29, 0.717) is 21.8 Å². The molecular weight excluding hydrogens is 346 g/mol. The lowest BCUT2D eigenvalue weighted by atomic mass is 10.0. The van der Waals surface area contributed by atoms with Crippen LogP contribution in [0.3, 0.4) is 0 Å². The van der Waals surface area contributed by atoms with E-state index in [1.807, 2.05) is 42.6 Å². The van der Waals surface area contributed by atoms with Gasteiger partial charge in [0.2, 0.25) is 5.78 Å². The van der Waals surface area contributed by atoms with Gasteiger partial charge in [-0.05, 0) is 30.5 Å². The summed E-state index contributed by atoms with van der Waals surface area (Å²) in [6.45, 7) is 1.89. The van der Waals surface area contributed by atoms with Crippen LogP contribution in [-0.2, 0) is 0 Å².